The molecule has 2 aromatic carbocycles. The SMILES string of the molecule is O=C(Nc1nc(-c2cccc(Br)c2)cs1)c1ccc(-n2cc[nH]c2=S)cc1. The number of aromatic amines is 1. The first kappa shape index (κ1) is 17.8. The summed E-state index contributed by atoms with van der Waals surface area (Å²) in [5.74, 6) is -0.200. The molecule has 2 heterocycles. The second-order valence-electron chi connectivity index (χ2n) is 5.68. The van der Waals surface area contributed by atoms with Gasteiger partial charge in [0, 0.05) is 39.1 Å². The lowest BCUT2D eigenvalue weighted by molar-refractivity contribution is 0.102. The number of carbonyl (C=O) groups excluding carboxylic acids is 1. The Bertz CT molecular complexity index is 1160. The smallest absolute Gasteiger partial charge is 0.257 e. The molecule has 0 saturated carbocycles. The lowest BCUT2D eigenvalue weighted by Gasteiger charge is -2.05. The number of hydrogen-bond acceptors (Lipinski definition) is 4. The molecule has 0 radical (unpaired) electrons. The first-order chi connectivity index (χ1) is 13.1. The van der Waals surface area contributed by atoms with Crippen LogP contribution in [0.1, 0.15) is 10.4 Å². The van der Waals surface area contributed by atoms with Crippen molar-refractivity contribution in [1.29, 1.82) is 0 Å². The zero-order chi connectivity index (χ0) is 18.8. The average Bonchev–Trinajstić information content (AvgIpc) is 3.31. The Labute approximate surface area is 172 Å². The van der Waals surface area contributed by atoms with Crippen LogP contribution in [0.3, 0.4) is 0 Å². The second kappa shape index (κ2) is 7.59. The number of benzene rings is 2. The lowest BCUT2D eigenvalue weighted by atomic mass is 10.2. The van der Waals surface area contributed by atoms with E-state index in [4.69, 9.17) is 12.2 Å². The van der Waals surface area contributed by atoms with Gasteiger partial charge in [-0.05, 0) is 48.6 Å². The number of anilines is 1. The molecule has 0 bridgehead atoms. The van der Waals surface area contributed by atoms with E-state index < -0.39 is 0 Å². The van der Waals surface area contributed by atoms with Crippen LogP contribution in [-0.4, -0.2) is 20.4 Å². The number of halogens is 1. The van der Waals surface area contributed by atoms with Crippen LogP contribution in [0.4, 0.5) is 5.13 Å². The van der Waals surface area contributed by atoms with E-state index in [1.54, 1.807) is 18.3 Å². The Kier molecular flexibility index (Phi) is 5.02. The number of imidazole rings is 1. The van der Waals surface area contributed by atoms with Gasteiger partial charge in [-0.15, -0.1) is 11.3 Å². The molecule has 8 heteroatoms. The molecule has 0 fully saturated rings. The molecular weight excluding hydrogens is 444 g/mol. The van der Waals surface area contributed by atoms with E-state index in [9.17, 15) is 4.79 Å². The van der Waals surface area contributed by atoms with E-state index in [0.717, 1.165) is 21.4 Å². The van der Waals surface area contributed by atoms with Gasteiger partial charge in [-0.2, -0.15) is 0 Å². The molecule has 4 aromatic rings. The van der Waals surface area contributed by atoms with Gasteiger partial charge in [-0.1, -0.05) is 28.1 Å². The highest BCUT2D eigenvalue weighted by Crippen LogP contribution is 2.27. The molecule has 2 aromatic heterocycles. The van der Waals surface area contributed by atoms with Crippen molar-refractivity contribution in [3.8, 4) is 16.9 Å². The summed E-state index contributed by atoms with van der Waals surface area (Å²) in [4.78, 5) is 19.9. The van der Waals surface area contributed by atoms with Crippen LogP contribution in [0, 0.1) is 4.77 Å². The maximum Gasteiger partial charge on any atom is 0.257 e. The summed E-state index contributed by atoms with van der Waals surface area (Å²) in [6.45, 7) is 0. The van der Waals surface area contributed by atoms with Crippen LogP contribution < -0.4 is 5.32 Å². The van der Waals surface area contributed by atoms with Gasteiger partial charge in [0.2, 0.25) is 0 Å². The number of H-pyrrole nitrogens is 1. The van der Waals surface area contributed by atoms with Crippen LogP contribution in [-0.2, 0) is 0 Å². The fraction of sp³-hybridized carbons (Fsp3) is 0. The molecule has 0 unspecified atom stereocenters. The van der Waals surface area contributed by atoms with Crippen molar-refractivity contribution >= 4 is 50.5 Å². The molecule has 5 nitrogen and oxygen atoms in total. The van der Waals surface area contributed by atoms with Crippen LogP contribution >= 0.6 is 39.5 Å². The zero-order valence-electron chi connectivity index (χ0n) is 13.8. The van der Waals surface area contributed by atoms with Crippen molar-refractivity contribution in [2.45, 2.75) is 0 Å². The maximum absolute atomic E-state index is 12.5. The Hall–Kier alpha value is -2.55. The predicted octanol–water partition coefficient (Wildman–Crippen LogP) is 5.67. The second-order valence-corrected chi connectivity index (χ2v) is 7.84. The van der Waals surface area contributed by atoms with Gasteiger partial charge in [0.25, 0.3) is 5.91 Å². The molecule has 0 aliphatic carbocycles. The van der Waals surface area contributed by atoms with Crippen LogP contribution in [0.25, 0.3) is 16.9 Å². The van der Waals surface area contributed by atoms with E-state index in [-0.39, 0.29) is 5.91 Å². The molecule has 4 rings (SSSR count). The number of aromatic nitrogens is 3. The highest BCUT2D eigenvalue weighted by molar-refractivity contribution is 9.10. The third-order valence-electron chi connectivity index (χ3n) is 3.90. The van der Waals surface area contributed by atoms with E-state index >= 15 is 0 Å². The highest BCUT2D eigenvalue weighted by Gasteiger charge is 2.10. The number of thiazole rings is 1. The maximum atomic E-state index is 12.5. The summed E-state index contributed by atoms with van der Waals surface area (Å²) in [7, 11) is 0. The van der Waals surface area contributed by atoms with Crippen LogP contribution in [0.15, 0.2) is 70.8 Å². The molecule has 2 N–H and O–H groups in total. The minimum atomic E-state index is -0.200. The summed E-state index contributed by atoms with van der Waals surface area (Å²) in [5, 5.41) is 5.34. The average molecular weight is 457 g/mol. The zero-order valence-corrected chi connectivity index (χ0v) is 17.1. The van der Waals surface area contributed by atoms with Gasteiger partial charge < -0.3 is 4.98 Å². The van der Waals surface area contributed by atoms with Crippen LogP contribution in [0.5, 0.6) is 0 Å². The molecule has 134 valence electrons. The van der Waals surface area contributed by atoms with Gasteiger partial charge in [0.05, 0.1) is 5.69 Å². The van der Waals surface area contributed by atoms with E-state index in [1.165, 1.54) is 11.3 Å². The number of rotatable bonds is 4. The predicted molar refractivity (Wildman–Crippen MR) is 114 cm³/mol. The summed E-state index contributed by atoms with van der Waals surface area (Å²) >= 11 is 10.1. The minimum absolute atomic E-state index is 0.200. The van der Waals surface area contributed by atoms with Crippen molar-refractivity contribution in [3.05, 3.63) is 81.1 Å². The number of nitrogens with one attached hydrogen (secondary N) is 2. The van der Waals surface area contributed by atoms with E-state index in [2.05, 4.69) is 31.2 Å². The Balaban J connectivity index is 1.50. The molecule has 0 saturated heterocycles. The first-order valence-corrected chi connectivity index (χ1v) is 10.1. The summed E-state index contributed by atoms with van der Waals surface area (Å²) < 4.78 is 3.43. The number of nitrogens with zero attached hydrogens (tertiary/aromatic N) is 2. The number of amides is 1. The largest absolute Gasteiger partial charge is 0.337 e. The lowest BCUT2D eigenvalue weighted by Crippen LogP contribution is -2.11. The van der Waals surface area contributed by atoms with Crippen molar-refractivity contribution in [2.75, 3.05) is 5.32 Å². The highest BCUT2D eigenvalue weighted by atomic mass is 79.9. The molecule has 27 heavy (non-hydrogen) atoms. The van der Waals surface area contributed by atoms with Gasteiger partial charge in [-0.3, -0.25) is 14.7 Å². The minimum Gasteiger partial charge on any atom is -0.337 e. The van der Waals surface area contributed by atoms with E-state index in [1.807, 2.05) is 52.5 Å². The van der Waals surface area contributed by atoms with Crippen molar-refractivity contribution in [1.82, 2.24) is 14.5 Å². The Morgan fingerprint density at radius 3 is 2.74 bits per heavy atom. The normalized spacial score (nSPS) is 10.7. The fourth-order valence-electron chi connectivity index (χ4n) is 2.58. The molecule has 0 aliphatic heterocycles. The molecule has 0 spiro atoms. The number of hydrogen-bond donors (Lipinski definition) is 2. The molecule has 1 amide bonds. The Morgan fingerprint density at radius 2 is 2.04 bits per heavy atom. The third-order valence-corrected chi connectivity index (χ3v) is 5.47. The van der Waals surface area contributed by atoms with Gasteiger partial charge in [0.1, 0.15) is 0 Å². The molecule has 0 aliphatic rings. The third kappa shape index (κ3) is 3.92. The number of carbonyl (C=O) groups is 1. The fourth-order valence-corrected chi connectivity index (χ4v) is 3.93. The summed E-state index contributed by atoms with van der Waals surface area (Å²) in [6, 6.07) is 15.1. The van der Waals surface area contributed by atoms with Gasteiger partial charge in [-0.25, -0.2) is 4.98 Å². The van der Waals surface area contributed by atoms with Crippen molar-refractivity contribution in [2.24, 2.45) is 0 Å². The van der Waals surface area contributed by atoms with Gasteiger partial charge in [0.15, 0.2) is 9.90 Å². The molecule has 0 atom stereocenters. The van der Waals surface area contributed by atoms with Crippen molar-refractivity contribution in [3.63, 3.8) is 0 Å². The first-order valence-electron chi connectivity index (χ1n) is 7.99. The van der Waals surface area contributed by atoms with Crippen molar-refractivity contribution < 1.29 is 4.79 Å². The van der Waals surface area contributed by atoms with Crippen LogP contribution in [0.2, 0.25) is 0 Å². The summed E-state index contributed by atoms with van der Waals surface area (Å²) in [5.41, 5.74) is 3.27. The molecular formula is C19H13BrN4OS2. The quantitative estimate of drug-likeness (QED) is 0.388. The Morgan fingerprint density at radius 1 is 1.22 bits per heavy atom. The summed E-state index contributed by atoms with van der Waals surface area (Å²) in [6.07, 6.45) is 3.62. The van der Waals surface area contributed by atoms with Gasteiger partial charge >= 0.3 is 0 Å². The topological polar surface area (TPSA) is 62.7 Å². The monoisotopic (exact) mass is 456 g/mol. The van der Waals surface area contributed by atoms with E-state index in [0.29, 0.717) is 15.5 Å². The standard InChI is InChI=1S/C19H13BrN4OS2/c20-14-3-1-2-13(10-14)16-11-27-18(22-16)23-17(25)12-4-6-15(7-5-12)24-9-8-21-19(24)26/h1-11H,(H,21,26)(H,22,23,25).